The van der Waals surface area contributed by atoms with E-state index in [1.807, 2.05) is 6.92 Å². The summed E-state index contributed by atoms with van der Waals surface area (Å²) in [5, 5.41) is 10.1. The number of ether oxygens (including phenoxy) is 2. The van der Waals surface area contributed by atoms with Crippen LogP contribution in [-0.4, -0.2) is 56.0 Å². The zero-order valence-electron chi connectivity index (χ0n) is 19.8. The first kappa shape index (κ1) is 25.2. The number of carboxylic acid groups (broad SMARTS) is 1. The Kier molecular flexibility index (Phi) is 7.27. The molecule has 3 aromatic rings. The van der Waals surface area contributed by atoms with Crippen molar-refractivity contribution in [3.8, 4) is 11.5 Å². The Morgan fingerprint density at radius 1 is 0.972 bits per heavy atom. The lowest BCUT2D eigenvalue weighted by atomic mass is 10.1. The van der Waals surface area contributed by atoms with Crippen LogP contribution < -0.4 is 14.4 Å². The van der Waals surface area contributed by atoms with Gasteiger partial charge in [0, 0.05) is 17.8 Å². The quantitative estimate of drug-likeness (QED) is 0.518. The van der Waals surface area contributed by atoms with Gasteiger partial charge in [-0.25, -0.2) is 8.42 Å². The Hall–Kier alpha value is -3.89. The Balaban J connectivity index is 1.76. The Bertz CT molecular complexity index is 1360. The third kappa shape index (κ3) is 4.91. The number of anilines is 1. The summed E-state index contributed by atoms with van der Waals surface area (Å²) >= 11 is 0. The smallest absolute Gasteiger partial charge is 0.323 e. The maximum atomic E-state index is 13.6. The molecule has 9 nitrogen and oxygen atoms in total. The van der Waals surface area contributed by atoms with E-state index in [0.717, 1.165) is 4.31 Å². The number of fused-ring (bicyclic) bond motifs is 1. The highest BCUT2D eigenvalue weighted by atomic mass is 32.2. The normalized spacial score (nSPS) is 16.1. The summed E-state index contributed by atoms with van der Waals surface area (Å²) in [6.07, 6.45) is 0. The highest BCUT2D eigenvalue weighted by molar-refractivity contribution is 7.89. The molecule has 0 spiro atoms. The molecule has 1 aliphatic heterocycles. The third-order valence-corrected chi connectivity index (χ3v) is 7.79. The number of para-hydroxylation sites is 1. The number of benzene rings is 3. The fraction of sp³-hybridized carbons (Fsp3) is 0.231. The van der Waals surface area contributed by atoms with Crippen molar-refractivity contribution in [1.29, 1.82) is 0 Å². The summed E-state index contributed by atoms with van der Waals surface area (Å²) in [6, 6.07) is 17.6. The first-order valence-electron chi connectivity index (χ1n) is 11.3. The highest BCUT2D eigenvalue weighted by Crippen LogP contribution is 2.32. The highest BCUT2D eigenvalue weighted by Gasteiger charge is 2.41. The van der Waals surface area contributed by atoms with Gasteiger partial charge in [-0.15, -0.1) is 0 Å². The van der Waals surface area contributed by atoms with E-state index in [9.17, 15) is 23.1 Å². The van der Waals surface area contributed by atoms with Crippen molar-refractivity contribution in [2.24, 2.45) is 0 Å². The first-order chi connectivity index (χ1) is 17.3. The van der Waals surface area contributed by atoms with Crippen LogP contribution in [0.1, 0.15) is 22.8 Å². The second-order valence-electron chi connectivity index (χ2n) is 8.08. The van der Waals surface area contributed by atoms with Crippen molar-refractivity contribution in [3.05, 3.63) is 83.9 Å². The Morgan fingerprint density at radius 2 is 1.61 bits per heavy atom. The maximum absolute atomic E-state index is 13.6. The number of aliphatic carboxylic acids is 1. The molecule has 0 saturated heterocycles. The van der Waals surface area contributed by atoms with Crippen LogP contribution in [0.2, 0.25) is 0 Å². The number of rotatable bonds is 7. The second-order valence-corrected chi connectivity index (χ2v) is 9.97. The molecule has 188 valence electrons. The molecule has 1 unspecified atom stereocenters. The molecular formula is C26H26N2O7S. The summed E-state index contributed by atoms with van der Waals surface area (Å²) < 4.78 is 38.7. The lowest BCUT2D eigenvalue weighted by Crippen LogP contribution is -2.50. The number of carboxylic acids is 1. The van der Waals surface area contributed by atoms with Crippen LogP contribution in [0.4, 0.5) is 5.69 Å². The van der Waals surface area contributed by atoms with Gasteiger partial charge in [-0.3, -0.25) is 9.59 Å². The van der Waals surface area contributed by atoms with Gasteiger partial charge in [0.2, 0.25) is 10.0 Å². The molecule has 1 aliphatic rings. The van der Waals surface area contributed by atoms with E-state index in [2.05, 4.69) is 0 Å². The van der Waals surface area contributed by atoms with E-state index in [1.54, 1.807) is 48.5 Å². The monoisotopic (exact) mass is 510 g/mol. The number of carbonyl (C=O) groups is 2. The van der Waals surface area contributed by atoms with E-state index in [4.69, 9.17) is 9.47 Å². The molecule has 36 heavy (non-hydrogen) atoms. The van der Waals surface area contributed by atoms with Gasteiger partial charge in [-0.1, -0.05) is 18.2 Å². The topological polar surface area (TPSA) is 113 Å². The molecule has 3 aromatic carbocycles. The van der Waals surface area contributed by atoms with Crippen LogP contribution >= 0.6 is 0 Å². The number of hydrogen-bond acceptors (Lipinski definition) is 6. The fourth-order valence-electron chi connectivity index (χ4n) is 4.09. The van der Waals surface area contributed by atoms with Gasteiger partial charge in [0.05, 0.1) is 25.2 Å². The largest absolute Gasteiger partial charge is 0.497 e. The number of nitrogens with zero attached hydrogens (tertiary/aromatic N) is 2. The molecular weight excluding hydrogens is 484 g/mol. The average molecular weight is 511 g/mol. The van der Waals surface area contributed by atoms with E-state index in [1.165, 1.54) is 36.3 Å². The van der Waals surface area contributed by atoms with Gasteiger partial charge in [0.15, 0.2) is 0 Å². The Morgan fingerprint density at radius 3 is 2.22 bits per heavy atom. The summed E-state index contributed by atoms with van der Waals surface area (Å²) in [5.41, 5.74) is 1.29. The third-order valence-electron chi connectivity index (χ3n) is 5.92. The number of amides is 1. The van der Waals surface area contributed by atoms with Crippen LogP contribution in [0.3, 0.4) is 0 Å². The van der Waals surface area contributed by atoms with Crippen LogP contribution in [0, 0.1) is 0 Å². The van der Waals surface area contributed by atoms with Crippen LogP contribution in [0.15, 0.2) is 77.7 Å². The Labute approximate surface area is 209 Å². The number of carbonyl (C=O) groups excluding carboxylic acids is 1. The van der Waals surface area contributed by atoms with Crippen molar-refractivity contribution < 1.29 is 32.6 Å². The van der Waals surface area contributed by atoms with Gasteiger partial charge < -0.3 is 19.5 Å². The summed E-state index contributed by atoms with van der Waals surface area (Å²) in [5.74, 6) is -0.729. The van der Waals surface area contributed by atoms with Crippen molar-refractivity contribution in [2.75, 3.05) is 25.2 Å². The molecule has 0 bridgehead atoms. The van der Waals surface area contributed by atoms with Crippen molar-refractivity contribution in [1.82, 2.24) is 4.31 Å². The molecule has 0 radical (unpaired) electrons. The minimum Gasteiger partial charge on any atom is -0.497 e. The van der Waals surface area contributed by atoms with Gasteiger partial charge in [0.1, 0.15) is 17.5 Å². The minimum absolute atomic E-state index is 0.0710. The van der Waals surface area contributed by atoms with Crippen molar-refractivity contribution in [3.63, 3.8) is 0 Å². The van der Waals surface area contributed by atoms with E-state index in [0.29, 0.717) is 34.9 Å². The molecule has 1 atom stereocenters. The summed E-state index contributed by atoms with van der Waals surface area (Å²) in [7, 11) is -2.77. The predicted molar refractivity (Wildman–Crippen MR) is 133 cm³/mol. The first-order valence-corrected chi connectivity index (χ1v) is 12.7. The van der Waals surface area contributed by atoms with Crippen LogP contribution in [-0.2, 0) is 21.4 Å². The molecule has 1 amide bonds. The van der Waals surface area contributed by atoms with Gasteiger partial charge in [0.25, 0.3) is 5.91 Å². The lowest BCUT2D eigenvalue weighted by Gasteiger charge is -2.28. The molecule has 0 fully saturated rings. The summed E-state index contributed by atoms with van der Waals surface area (Å²) in [6.45, 7) is 1.75. The van der Waals surface area contributed by atoms with Crippen LogP contribution in [0.5, 0.6) is 11.5 Å². The summed E-state index contributed by atoms with van der Waals surface area (Å²) in [4.78, 5) is 27.2. The number of sulfonamides is 1. The van der Waals surface area contributed by atoms with Crippen LogP contribution in [0.25, 0.3) is 0 Å². The predicted octanol–water partition coefficient (Wildman–Crippen LogP) is 3.40. The molecule has 10 heteroatoms. The zero-order valence-corrected chi connectivity index (χ0v) is 20.6. The van der Waals surface area contributed by atoms with E-state index in [-0.39, 0.29) is 18.0 Å². The van der Waals surface area contributed by atoms with Crippen molar-refractivity contribution in [2.45, 2.75) is 24.4 Å². The fourth-order valence-corrected chi connectivity index (χ4v) is 5.65. The standard InChI is InChI=1S/C26H26N2O7S/c1-3-35-21-10-8-18(9-11-21)25(29)27-17-24(26(30)31)28(16-19-6-4-5-7-23(19)27)36(32,33)22-14-12-20(34-2)13-15-22/h4-15,24H,3,16-17H2,1-2H3,(H,30,31). The lowest BCUT2D eigenvalue weighted by molar-refractivity contribution is -0.141. The maximum Gasteiger partial charge on any atom is 0.323 e. The second kappa shape index (κ2) is 10.4. The molecule has 0 aliphatic carbocycles. The van der Waals surface area contributed by atoms with Crippen molar-refractivity contribution >= 4 is 27.6 Å². The van der Waals surface area contributed by atoms with Gasteiger partial charge >= 0.3 is 5.97 Å². The van der Waals surface area contributed by atoms with E-state index >= 15 is 0 Å². The molecule has 1 heterocycles. The average Bonchev–Trinajstić information content (AvgIpc) is 3.07. The minimum atomic E-state index is -4.23. The molecule has 4 rings (SSSR count). The van der Waals surface area contributed by atoms with E-state index < -0.39 is 27.9 Å². The zero-order chi connectivity index (χ0) is 25.9. The van der Waals surface area contributed by atoms with Gasteiger partial charge in [-0.05, 0) is 67.1 Å². The van der Waals surface area contributed by atoms with Gasteiger partial charge in [-0.2, -0.15) is 4.31 Å². The molecule has 0 saturated carbocycles. The SMILES string of the molecule is CCOc1ccc(C(=O)N2CC(C(=O)O)N(S(=O)(=O)c3ccc(OC)cc3)Cc3ccccc32)cc1. The number of hydrogen-bond donors (Lipinski definition) is 1. The number of methoxy groups -OCH3 is 1. The molecule has 1 N–H and O–H groups in total. The molecule has 0 aromatic heterocycles.